The SMILES string of the molecule is Cc1cc(CN2CC(C(=O)O)C2)ccc1-c1nc2ccc(C3(c4ccccc4)C=C3)nc2s1. The molecule has 4 aromatic rings. The van der Waals surface area contributed by atoms with E-state index in [1.165, 1.54) is 16.7 Å². The van der Waals surface area contributed by atoms with E-state index in [4.69, 9.17) is 15.1 Å². The molecule has 2 aromatic carbocycles. The Kier molecular flexibility index (Phi) is 4.67. The van der Waals surface area contributed by atoms with Crippen LogP contribution in [0.25, 0.3) is 20.9 Å². The molecular weight excluding hydrogens is 430 g/mol. The molecule has 0 atom stereocenters. The number of benzene rings is 2. The summed E-state index contributed by atoms with van der Waals surface area (Å²) in [4.78, 5) is 24.0. The molecule has 0 saturated carbocycles. The maximum atomic E-state index is 11.0. The molecule has 0 amide bonds. The molecule has 1 aliphatic heterocycles. The summed E-state index contributed by atoms with van der Waals surface area (Å²) in [5.74, 6) is -0.921. The lowest BCUT2D eigenvalue weighted by Crippen LogP contribution is -2.49. The fourth-order valence-electron chi connectivity index (χ4n) is 4.65. The van der Waals surface area contributed by atoms with Gasteiger partial charge in [0.1, 0.15) is 15.4 Å². The lowest BCUT2D eigenvalue weighted by Gasteiger charge is -2.36. The number of thiazole rings is 1. The number of rotatable bonds is 6. The van der Waals surface area contributed by atoms with E-state index >= 15 is 0 Å². The van der Waals surface area contributed by atoms with Gasteiger partial charge in [-0.3, -0.25) is 9.69 Å². The molecule has 2 aliphatic rings. The minimum absolute atomic E-state index is 0.187. The van der Waals surface area contributed by atoms with Gasteiger partial charge in [-0.05, 0) is 35.7 Å². The lowest BCUT2D eigenvalue weighted by molar-refractivity contribution is -0.147. The summed E-state index contributed by atoms with van der Waals surface area (Å²) < 4.78 is 0. The minimum Gasteiger partial charge on any atom is -0.481 e. The Hall–Kier alpha value is -3.35. The monoisotopic (exact) mass is 453 g/mol. The number of aromatic nitrogens is 2. The second-order valence-electron chi connectivity index (χ2n) is 8.99. The fraction of sp³-hybridized carbons (Fsp3) is 0.222. The van der Waals surface area contributed by atoms with Crippen LogP contribution < -0.4 is 0 Å². The van der Waals surface area contributed by atoms with Crippen molar-refractivity contribution in [2.24, 2.45) is 5.92 Å². The van der Waals surface area contributed by atoms with Crippen LogP contribution in [0.4, 0.5) is 0 Å². The van der Waals surface area contributed by atoms with E-state index in [0.717, 1.165) is 33.2 Å². The van der Waals surface area contributed by atoms with Crippen LogP contribution >= 0.6 is 11.3 Å². The number of carbonyl (C=O) groups is 1. The van der Waals surface area contributed by atoms with Gasteiger partial charge in [0.05, 0.1) is 17.0 Å². The first-order chi connectivity index (χ1) is 16.0. The highest BCUT2D eigenvalue weighted by Gasteiger charge is 2.39. The van der Waals surface area contributed by atoms with Gasteiger partial charge in [0.2, 0.25) is 0 Å². The Balaban J connectivity index is 1.25. The van der Waals surface area contributed by atoms with Crippen LogP contribution in [-0.4, -0.2) is 39.0 Å². The molecule has 2 aromatic heterocycles. The zero-order chi connectivity index (χ0) is 22.6. The van der Waals surface area contributed by atoms with Crippen molar-refractivity contribution in [1.82, 2.24) is 14.9 Å². The van der Waals surface area contributed by atoms with Gasteiger partial charge < -0.3 is 5.11 Å². The van der Waals surface area contributed by atoms with Gasteiger partial charge in [-0.25, -0.2) is 9.97 Å². The van der Waals surface area contributed by atoms with Gasteiger partial charge in [-0.2, -0.15) is 0 Å². The normalized spacial score (nSPS) is 17.2. The molecular formula is C27H23N3O2S. The number of likely N-dealkylation sites (tertiary alicyclic amines) is 1. The molecule has 3 heterocycles. The van der Waals surface area contributed by atoms with E-state index in [9.17, 15) is 4.79 Å². The summed E-state index contributed by atoms with van der Waals surface area (Å²) in [5.41, 5.74) is 6.51. The second kappa shape index (κ2) is 7.61. The Labute approximate surface area is 196 Å². The third kappa shape index (κ3) is 3.56. The smallest absolute Gasteiger partial charge is 0.309 e. The molecule has 0 spiro atoms. The van der Waals surface area contributed by atoms with Gasteiger partial charge in [-0.1, -0.05) is 72.0 Å². The van der Waals surface area contributed by atoms with Crippen LogP contribution in [0.15, 0.2) is 72.8 Å². The first-order valence-electron chi connectivity index (χ1n) is 11.1. The largest absolute Gasteiger partial charge is 0.481 e. The Bertz CT molecular complexity index is 1400. The summed E-state index contributed by atoms with van der Waals surface area (Å²) in [6, 6.07) is 21.1. The molecule has 1 saturated heterocycles. The highest BCUT2D eigenvalue weighted by Crippen LogP contribution is 2.45. The van der Waals surface area contributed by atoms with Crippen LogP contribution in [0.2, 0.25) is 0 Å². The van der Waals surface area contributed by atoms with E-state index in [1.807, 2.05) is 6.07 Å². The van der Waals surface area contributed by atoms with Crippen molar-refractivity contribution in [2.75, 3.05) is 13.1 Å². The van der Waals surface area contributed by atoms with Crippen LogP contribution in [0.5, 0.6) is 0 Å². The molecule has 1 fully saturated rings. The highest BCUT2D eigenvalue weighted by molar-refractivity contribution is 7.21. The number of hydrogen-bond donors (Lipinski definition) is 1. The van der Waals surface area contributed by atoms with Crippen molar-refractivity contribution in [1.29, 1.82) is 0 Å². The number of aliphatic carboxylic acids is 1. The minimum atomic E-state index is -0.697. The van der Waals surface area contributed by atoms with Gasteiger partial charge >= 0.3 is 5.97 Å². The van der Waals surface area contributed by atoms with Crippen molar-refractivity contribution in [2.45, 2.75) is 18.9 Å². The number of carboxylic acid groups (broad SMARTS) is 1. The second-order valence-corrected chi connectivity index (χ2v) is 9.96. The van der Waals surface area contributed by atoms with Crippen molar-refractivity contribution in [3.05, 3.63) is 95.2 Å². The van der Waals surface area contributed by atoms with Crippen LogP contribution in [0.3, 0.4) is 0 Å². The summed E-state index contributed by atoms with van der Waals surface area (Å²) in [5, 5.41) is 10.0. The maximum absolute atomic E-state index is 11.0. The number of carboxylic acids is 1. The predicted octanol–water partition coefficient (Wildman–Crippen LogP) is 5.04. The average Bonchev–Trinajstić information content (AvgIpc) is 3.49. The standard InChI is InChI=1S/C27H23N3O2S/c1-17-13-18(14-30-15-19(16-30)26(31)32)7-8-21(17)24-28-22-9-10-23(29-25(22)33-24)27(11-12-27)20-5-3-2-4-6-20/h2-13,19H,14-16H2,1H3,(H,31,32). The lowest BCUT2D eigenvalue weighted by atomic mass is 9.89. The summed E-state index contributed by atoms with van der Waals surface area (Å²) in [6.07, 6.45) is 4.41. The van der Waals surface area contributed by atoms with Gasteiger partial charge in [0.25, 0.3) is 0 Å². The van der Waals surface area contributed by atoms with E-state index in [2.05, 4.69) is 78.6 Å². The quantitative estimate of drug-likeness (QED) is 0.415. The molecule has 6 rings (SSSR count). The third-order valence-corrected chi connectivity index (χ3v) is 7.66. The van der Waals surface area contributed by atoms with Crippen molar-refractivity contribution in [3.63, 3.8) is 0 Å². The number of fused-ring (bicyclic) bond motifs is 1. The first kappa shape index (κ1) is 20.3. The highest BCUT2D eigenvalue weighted by atomic mass is 32.1. The van der Waals surface area contributed by atoms with Gasteiger partial charge in [-0.15, -0.1) is 0 Å². The van der Waals surface area contributed by atoms with Crippen LogP contribution in [0, 0.1) is 12.8 Å². The van der Waals surface area contributed by atoms with Gasteiger partial charge in [0.15, 0.2) is 0 Å². The molecule has 5 nitrogen and oxygen atoms in total. The maximum Gasteiger partial charge on any atom is 0.309 e. The Morgan fingerprint density at radius 2 is 1.88 bits per heavy atom. The third-order valence-electron chi connectivity index (χ3n) is 6.66. The number of aryl methyl sites for hydroxylation is 1. The predicted molar refractivity (Wildman–Crippen MR) is 130 cm³/mol. The zero-order valence-electron chi connectivity index (χ0n) is 18.2. The number of nitrogens with zero attached hydrogens (tertiary/aromatic N) is 3. The molecule has 6 heteroatoms. The zero-order valence-corrected chi connectivity index (χ0v) is 19.0. The van der Waals surface area contributed by atoms with Crippen molar-refractivity contribution < 1.29 is 9.90 Å². The van der Waals surface area contributed by atoms with Crippen LogP contribution in [0.1, 0.15) is 22.4 Å². The number of hydrogen-bond acceptors (Lipinski definition) is 5. The topological polar surface area (TPSA) is 66.3 Å². The molecule has 164 valence electrons. The molecule has 0 bridgehead atoms. The Morgan fingerprint density at radius 3 is 2.58 bits per heavy atom. The molecule has 0 radical (unpaired) electrons. The fourth-order valence-corrected chi connectivity index (χ4v) is 5.68. The van der Waals surface area contributed by atoms with Gasteiger partial charge in [0, 0.05) is 25.2 Å². The van der Waals surface area contributed by atoms with E-state index in [0.29, 0.717) is 13.1 Å². The Morgan fingerprint density at radius 1 is 1.09 bits per heavy atom. The van der Waals surface area contributed by atoms with E-state index < -0.39 is 5.97 Å². The van der Waals surface area contributed by atoms with E-state index in [-0.39, 0.29) is 11.3 Å². The van der Waals surface area contributed by atoms with Crippen LogP contribution in [-0.2, 0) is 16.8 Å². The van der Waals surface area contributed by atoms with Crippen molar-refractivity contribution >= 4 is 27.7 Å². The molecule has 1 N–H and O–H groups in total. The van der Waals surface area contributed by atoms with E-state index in [1.54, 1.807) is 11.3 Å². The molecule has 0 unspecified atom stereocenters. The average molecular weight is 454 g/mol. The summed E-state index contributed by atoms with van der Waals surface area (Å²) in [7, 11) is 0. The number of pyridine rings is 1. The van der Waals surface area contributed by atoms with Crippen molar-refractivity contribution in [3.8, 4) is 10.6 Å². The first-order valence-corrected chi connectivity index (χ1v) is 11.9. The number of allylic oxidation sites excluding steroid dienone is 2. The molecule has 33 heavy (non-hydrogen) atoms. The summed E-state index contributed by atoms with van der Waals surface area (Å²) in [6.45, 7) is 4.14. The summed E-state index contributed by atoms with van der Waals surface area (Å²) >= 11 is 1.63. The molecule has 1 aliphatic carbocycles.